The first kappa shape index (κ1) is 18.5. The van der Waals surface area contributed by atoms with Crippen LogP contribution in [0.1, 0.15) is 5.56 Å². The normalized spacial score (nSPS) is 11.6. The largest absolute Gasteiger partial charge is 0.488 e. The number of hydrogen-bond acceptors (Lipinski definition) is 4. The summed E-state index contributed by atoms with van der Waals surface area (Å²) in [6.07, 6.45) is -4.44. The summed E-state index contributed by atoms with van der Waals surface area (Å²) in [5.41, 5.74) is -0.552. The molecule has 0 spiro atoms. The van der Waals surface area contributed by atoms with E-state index in [0.29, 0.717) is 15.8 Å². The SMILES string of the molecule is FC(F)(F)c1cccc(-c2nnn(CCOc3c(Cl)cccc3Cl)n2)c1. The van der Waals surface area contributed by atoms with Crippen molar-refractivity contribution in [3.05, 3.63) is 58.1 Å². The maximum Gasteiger partial charge on any atom is 0.416 e. The van der Waals surface area contributed by atoms with E-state index in [4.69, 9.17) is 27.9 Å². The van der Waals surface area contributed by atoms with Crippen molar-refractivity contribution < 1.29 is 17.9 Å². The van der Waals surface area contributed by atoms with E-state index in [0.717, 1.165) is 12.1 Å². The van der Waals surface area contributed by atoms with E-state index in [-0.39, 0.29) is 24.5 Å². The van der Waals surface area contributed by atoms with Crippen LogP contribution in [0.3, 0.4) is 0 Å². The highest BCUT2D eigenvalue weighted by Crippen LogP contribution is 2.32. The van der Waals surface area contributed by atoms with Crippen LogP contribution in [0.15, 0.2) is 42.5 Å². The van der Waals surface area contributed by atoms with E-state index in [9.17, 15) is 13.2 Å². The van der Waals surface area contributed by atoms with Gasteiger partial charge in [-0.15, -0.1) is 10.2 Å². The summed E-state index contributed by atoms with van der Waals surface area (Å²) < 4.78 is 43.9. The number of ether oxygens (including phenoxy) is 1. The van der Waals surface area contributed by atoms with Crippen molar-refractivity contribution in [1.29, 1.82) is 0 Å². The maximum atomic E-state index is 12.8. The van der Waals surface area contributed by atoms with Crippen LogP contribution in [0.25, 0.3) is 11.4 Å². The van der Waals surface area contributed by atoms with Crippen LogP contribution < -0.4 is 4.74 Å². The molecule has 0 bridgehead atoms. The Bertz CT molecular complexity index is 894. The minimum atomic E-state index is -4.44. The highest BCUT2D eigenvalue weighted by atomic mass is 35.5. The summed E-state index contributed by atoms with van der Waals surface area (Å²) in [5, 5.41) is 12.4. The monoisotopic (exact) mass is 402 g/mol. The molecule has 136 valence electrons. The second-order valence-corrected chi connectivity index (χ2v) is 6.00. The molecule has 0 radical (unpaired) electrons. The molecule has 1 aromatic heterocycles. The Labute approximate surface area is 156 Å². The summed E-state index contributed by atoms with van der Waals surface area (Å²) in [6.45, 7) is 0.370. The number of alkyl halides is 3. The molecule has 0 fully saturated rings. The minimum Gasteiger partial charge on any atom is -0.488 e. The molecule has 0 saturated carbocycles. The first-order chi connectivity index (χ1) is 12.3. The van der Waals surface area contributed by atoms with Crippen LogP contribution in [-0.2, 0) is 12.7 Å². The lowest BCUT2D eigenvalue weighted by Gasteiger charge is -2.08. The molecule has 0 aliphatic rings. The van der Waals surface area contributed by atoms with Crippen LogP contribution in [0.5, 0.6) is 5.75 Å². The lowest BCUT2D eigenvalue weighted by Crippen LogP contribution is -2.11. The molecule has 3 aromatic rings. The zero-order valence-electron chi connectivity index (χ0n) is 13.0. The van der Waals surface area contributed by atoms with Crippen LogP contribution >= 0.6 is 23.2 Å². The number of tetrazole rings is 1. The average molecular weight is 403 g/mol. The number of halogens is 5. The molecule has 0 atom stereocenters. The second kappa shape index (κ2) is 7.51. The molecule has 0 N–H and O–H groups in total. The van der Waals surface area contributed by atoms with E-state index < -0.39 is 11.7 Å². The molecule has 10 heteroatoms. The molecule has 5 nitrogen and oxygen atoms in total. The van der Waals surface area contributed by atoms with E-state index in [1.54, 1.807) is 18.2 Å². The third-order valence-corrected chi connectivity index (χ3v) is 3.95. The third-order valence-electron chi connectivity index (χ3n) is 3.36. The zero-order valence-corrected chi connectivity index (χ0v) is 14.6. The molecule has 26 heavy (non-hydrogen) atoms. The van der Waals surface area contributed by atoms with Gasteiger partial charge in [-0.3, -0.25) is 0 Å². The van der Waals surface area contributed by atoms with Crippen molar-refractivity contribution in [2.45, 2.75) is 12.7 Å². The Morgan fingerprint density at radius 1 is 1.04 bits per heavy atom. The predicted molar refractivity (Wildman–Crippen MR) is 90.2 cm³/mol. The number of nitrogens with zero attached hydrogens (tertiary/aromatic N) is 4. The second-order valence-electron chi connectivity index (χ2n) is 5.19. The fourth-order valence-corrected chi connectivity index (χ4v) is 2.64. The third kappa shape index (κ3) is 4.25. The Morgan fingerprint density at radius 3 is 2.42 bits per heavy atom. The average Bonchev–Trinajstić information content (AvgIpc) is 3.06. The number of para-hydroxylation sites is 1. The molecule has 0 saturated heterocycles. The summed E-state index contributed by atoms with van der Waals surface area (Å²) in [5.74, 6) is 0.431. The molecular weight excluding hydrogens is 392 g/mol. The zero-order chi connectivity index (χ0) is 18.7. The van der Waals surface area contributed by atoms with Crippen molar-refractivity contribution >= 4 is 23.2 Å². The van der Waals surface area contributed by atoms with Gasteiger partial charge in [-0.25, -0.2) is 0 Å². The van der Waals surface area contributed by atoms with E-state index >= 15 is 0 Å². The lowest BCUT2D eigenvalue weighted by molar-refractivity contribution is -0.137. The number of benzene rings is 2. The summed E-state index contributed by atoms with van der Waals surface area (Å²) >= 11 is 12.0. The van der Waals surface area contributed by atoms with Gasteiger partial charge in [0.25, 0.3) is 0 Å². The van der Waals surface area contributed by atoms with E-state index in [1.807, 2.05) is 0 Å². The van der Waals surface area contributed by atoms with Gasteiger partial charge in [0.1, 0.15) is 6.61 Å². The first-order valence-electron chi connectivity index (χ1n) is 7.37. The quantitative estimate of drug-likeness (QED) is 0.618. The molecule has 0 aliphatic heterocycles. The molecular formula is C16H11Cl2F3N4O. The van der Waals surface area contributed by atoms with Gasteiger partial charge in [0, 0.05) is 5.56 Å². The van der Waals surface area contributed by atoms with Crippen molar-refractivity contribution in [3.8, 4) is 17.1 Å². The Balaban J connectivity index is 1.67. The topological polar surface area (TPSA) is 52.8 Å². The van der Waals surface area contributed by atoms with E-state index in [2.05, 4.69) is 15.4 Å². The fourth-order valence-electron chi connectivity index (χ4n) is 2.14. The smallest absolute Gasteiger partial charge is 0.416 e. The Morgan fingerprint density at radius 2 is 1.73 bits per heavy atom. The van der Waals surface area contributed by atoms with Gasteiger partial charge in [0.2, 0.25) is 5.82 Å². The van der Waals surface area contributed by atoms with Crippen molar-refractivity contribution in [2.24, 2.45) is 0 Å². The van der Waals surface area contributed by atoms with Gasteiger partial charge in [-0.05, 0) is 29.5 Å². The van der Waals surface area contributed by atoms with Crippen molar-refractivity contribution in [2.75, 3.05) is 6.61 Å². The van der Waals surface area contributed by atoms with Gasteiger partial charge >= 0.3 is 6.18 Å². The maximum absolute atomic E-state index is 12.8. The fraction of sp³-hybridized carbons (Fsp3) is 0.188. The van der Waals surface area contributed by atoms with Gasteiger partial charge in [-0.1, -0.05) is 41.4 Å². The number of rotatable bonds is 5. The summed E-state index contributed by atoms with van der Waals surface area (Å²) in [4.78, 5) is 1.22. The Kier molecular flexibility index (Phi) is 5.33. The standard InChI is InChI=1S/C16H11Cl2F3N4O/c17-12-5-2-6-13(18)14(12)26-8-7-25-23-15(22-24-25)10-3-1-4-11(9-10)16(19,20)21/h1-6,9H,7-8H2. The highest BCUT2D eigenvalue weighted by molar-refractivity contribution is 6.37. The van der Waals surface area contributed by atoms with Gasteiger partial charge in [0.05, 0.1) is 22.2 Å². The van der Waals surface area contributed by atoms with Crippen molar-refractivity contribution in [3.63, 3.8) is 0 Å². The van der Waals surface area contributed by atoms with Crippen molar-refractivity contribution in [1.82, 2.24) is 20.2 Å². The number of aromatic nitrogens is 4. The van der Waals surface area contributed by atoms with Gasteiger partial charge in [-0.2, -0.15) is 18.0 Å². The van der Waals surface area contributed by atoms with Crippen LogP contribution in [0.4, 0.5) is 13.2 Å². The molecule has 0 aliphatic carbocycles. The molecule has 3 rings (SSSR count). The van der Waals surface area contributed by atoms with Crippen LogP contribution in [0, 0.1) is 0 Å². The summed E-state index contributed by atoms with van der Waals surface area (Å²) in [7, 11) is 0. The predicted octanol–water partition coefficient (Wildman–Crippen LogP) is 4.74. The van der Waals surface area contributed by atoms with E-state index in [1.165, 1.54) is 16.9 Å². The molecule has 0 amide bonds. The Hall–Kier alpha value is -2.32. The van der Waals surface area contributed by atoms with Gasteiger partial charge in [0.15, 0.2) is 5.75 Å². The van der Waals surface area contributed by atoms with Crippen LogP contribution in [0.2, 0.25) is 10.0 Å². The molecule has 2 aromatic carbocycles. The number of hydrogen-bond donors (Lipinski definition) is 0. The lowest BCUT2D eigenvalue weighted by atomic mass is 10.1. The molecule has 1 heterocycles. The highest BCUT2D eigenvalue weighted by Gasteiger charge is 2.30. The van der Waals surface area contributed by atoms with Crippen LogP contribution in [-0.4, -0.2) is 26.8 Å². The van der Waals surface area contributed by atoms with Gasteiger partial charge < -0.3 is 4.74 Å². The molecule has 0 unspecified atom stereocenters. The minimum absolute atomic E-state index is 0.0897. The first-order valence-corrected chi connectivity index (χ1v) is 8.12. The summed E-state index contributed by atoms with van der Waals surface area (Å²) in [6, 6.07) is 9.71.